The SMILES string of the molecule is Cc1c(NC2=CC(=O)N(CCO)C2=O)ccc([N+](=O)[O-])c1Cl. The number of nitrogens with zero attached hydrogens (tertiary/aromatic N) is 2. The van der Waals surface area contributed by atoms with Gasteiger partial charge in [0.1, 0.15) is 10.7 Å². The molecule has 0 spiro atoms. The van der Waals surface area contributed by atoms with E-state index < -0.39 is 16.7 Å². The lowest BCUT2D eigenvalue weighted by Crippen LogP contribution is -2.34. The third-order valence-corrected chi connectivity index (χ3v) is 3.64. The summed E-state index contributed by atoms with van der Waals surface area (Å²) in [6, 6.07) is 2.62. The fourth-order valence-corrected chi connectivity index (χ4v) is 2.24. The largest absolute Gasteiger partial charge is 0.395 e. The Balaban J connectivity index is 2.27. The normalized spacial score (nSPS) is 14.3. The van der Waals surface area contributed by atoms with Crippen LogP contribution in [0.4, 0.5) is 11.4 Å². The standard InChI is InChI=1S/C13H12ClN3O5/c1-7-8(2-3-10(12(7)14)17(21)22)15-9-6-11(19)16(4-5-18)13(9)20/h2-3,6,15,18H,4-5H2,1H3. The van der Waals surface area contributed by atoms with Gasteiger partial charge < -0.3 is 10.4 Å². The van der Waals surface area contributed by atoms with Crippen molar-refractivity contribution in [1.29, 1.82) is 0 Å². The Morgan fingerprint density at radius 3 is 2.68 bits per heavy atom. The van der Waals surface area contributed by atoms with E-state index >= 15 is 0 Å². The second kappa shape index (κ2) is 6.12. The van der Waals surface area contributed by atoms with E-state index in [0.717, 1.165) is 11.0 Å². The van der Waals surface area contributed by atoms with Crippen molar-refractivity contribution in [2.45, 2.75) is 6.92 Å². The first-order chi connectivity index (χ1) is 10.4. The maximum Gasteiger partial charge on any atom is 0.288 e. The summed E-state index contributed by atoms with van der Waals surface area (Å²) in [5.74, 6) is -1.11. The van der Waals surface area contributed by atoms with E-state index in [-0.39, 0.29) is 29.6 Å². The number of aliphatic hydroxyl groups is 1. The van der Waals surface area contributed by atoms with Gasteiger partial charge in [-0.05, 0) is 18.6 Å². The van der Waals surface area contributed by atoms with Crippen LogP contribution >= 0.6 is 11.6 Å². The number of imide groups is 1. The molecular formula is C13H12ClN3O5. The van der Waals surface area contributed by atoms with Crippen molar-refractivity contribution in [3.63, 3.8) is 0 Å². The highest BCUT2D eigenvalue weighted by Crippen LogP contribution is 2.33. The quantitative estimate of drug-likeness (QED) is 0.478. The van der Waals surface area contributed by atoms with E-state index in [1.165, 1.54) is 12.1 Å². The van der Waals surface area contributed by atoms with Gasteiger partial charge in [-0.2, -0.15) is 0 Å². The van der Waals surface area contributed by atoms with Crippen LogP contribution in [0.2, 0.25) is 5.02 Å². The molecule has 8 nitrogen and oxygen atoms in total. The molecule has 22 heavy (non-hydrogen) atoms. The molecule has 1 heterocycles. The third kappa shape index (κ3) is 2.78. The molecule has 9 heteroatoms. The van der Waals surface area contributed by atoms with Gasteiger partial charge >= 0.3 is 0 Å². The number of carbonyl (C=O) groups excluding carboxylic acids is 2. The number of benzene rings is 1. The smallest absolute Gasteiger partial charge is 0.288 e. The molecule has 0 unspecified atom stereocenters. The number of rotatable bonds is 5. The molecule has 1 aliphatic heterocycles. The Morgan fingerprint density at radius 1 is 1.41 bits per heavy atom. The van der Waals surface area contributed by atoms with Gasteiger partial charge in [-0.3, -0.25) is 24.6 Å². The monoisotopic (exact) mass is 325 g/mol. The first kappa shape index (κ1) is 15.9. The Kier molecular flexibility index (Phi) is 4.43. The van der Waals surface area contributed by atoms with Crippen molar-refractivity contribution in [1.82, 2.24) is 4.90 Å². The van der Waals surface area contributed by atoms with Crippen LogP contribution in [0.25, 0.3) is 0 Å². The summed E-state index contributed by atoms with van der Waals surface area (Å²) >= 11 is 5.93. The van der Waals surface area contributed by atoms with Crippen LogP contribution in [-0.2, 0) is 9.59 Å². The summed E-state index contributed by atoms with van der Waals surface area (Å²) in [5.41, 5.74) is 0.548. The maximum absolute atomic E-state index is 12.0. The summed E-state index contributed by atoms with van der Waals surface area (Å²) in [5, 5.41) is 22.3. The fourth-order valence-electron chi connectivity index (χ4n) is 2.00. The zero-order valence-corrected chi connectivity index (χ0v) is 12.3. The summed E-state index contributed by atoms with van der Waals surface area (Å²) in [6.07, 6.45) is 1.10. The number of anilines is 1. The number of hydrogen-bond donors (Lipinski definition) is 2. The average Bonchev–Trinajstić information content (AvgIpc) is 2.72. The molecular weight excluding hydrogens is 314 g/mol. The van der Waals surface area contributed by atoms with Crippen LogP contribution in [0.5, 0.6) is 0 Å². The Labute approximate surface area is 130 Å². The molecule has 1 aliphatic rings. The van der Waals surface area contributed by atoms with E-state index in [2.05, 4.69) is 5.32 Å². The summed E-state index contributed by atoms with van der Waals surface area (Å²) in [4.78, 5) is 34.7. The fraction of sp³-hybridized carbons (Fsp3) is 0.231. The van der Waals surface area contributed by atoms with Crippen molar-refractivity contribution < 1.29 is 19.6 Å². The molecule has 116 valence electrons. The molecule has 1 aromatic carbocycles. The predicted octanol–water partition coefficient (Wildman–Crippen LogP) is 1.21. The number of nitro benzene ring substituents is 1. The molecule has 0 aliphatic carbocycles. The minimum atomic E-state index is -0.606. The molecule has 0 aromatic heterocycles. The Bertz CT molecular complexity index is 701. The van der Waals surface area contributed by atoms with Crippen LogP contribution in [0.1, 0.15) is 5.56 Å². The molecule has 0 saturated carbocycles. The number of β-amino-alcohol motifs (C(OH)–C–C–N with tert-alkyl or cyclic N) is 1. The minimum Gasteiger partial charge on any atom is -0.395 e. The number of nitro groups is 1. The van der Waals surface area contributed by atoms with Gasteiger partial charge in [0.25, 0.3) is 17.5 Å². The number of halogens is 1. The van der Waals surface area contributed by atoms with Crippen LogP contribution in [0.15, 0.2) is 23.9 Å². The number of carbonyl (C=O) groups is 2. The van der Waals surface area contributed by atoms with E-state index in [9.17, 15) is 19.7 Å². The van der Waals surface area contributed by atoms with Crippen molar-refractivity contribution >= 4 is 34.8 Å². The van der Waals surface area contributed by atoms with Crippen molar-refractivity contribution in [3.05, 3.63) is 44.6 Å². The Hall–Kier alpha value is -2.45. The van der Waals surface area contributed by atoms with Crippen molar-refractivity contribution in [3.8, 4) is 0 Å². The number of aliphatic hydroxyl groups excluding tert-OH is 1. The molecule has 2 N–H and O–H groups in total. The zero-order valence-electron chi connectivity index (χ0n) is 11.5. The summed E-state index contributed by atoms with van der Waals surface area (Å²) in [7, 11) is 0. The van der Waals surface area contributed by atoms with Crippen molar-refractivity contribution in [2.75, 3.05) is 18.5 Å². The van der Waals surface area contributed by atoms with Crippen LogP contribution in [0, 0.1) is 17.0 Å². The topological polar surface area (TPSA) is 113 Å². The van der Waals surface area contributed by atoms with Gasteiger partial charge in [0.15, 0.2) is 0 Å². The lowest BCUT2D eigenvalue weighted by Gasteiger charge is -2.14. The van der Waals surface area contributed by atoms with Gasteiger partial charge in [-0.1, -0.05) is 11.6 Å². The van der Waals surface area contributed by atoms with Gasteiger partial charge in [-0.25, -0.2) is 0 Å². The van der Waals surface area contributed by atoms with Gasteiger partial charge in [0.2, 0.25) is 0 Å². The molecule has 0 fully saturated rings. The Morgan fingerprint density at radius 2 is 2.09 bits per heavy atom. The number of nitrogens with one attached hydrogen (secondary N) is 1. The highest BCUT2D eigenvalue weighted by molar-refractivity contribution is 6.33. The first-order valence-corrected chi connectivity index (χ1v) is 6.63. The second-order valence-electron chi connectivity index (χ2n) is 4.53. The molecule has 0 atom stereocenters. The third-order valence-electron chi connectivity index (χ3n) is 3.17. The predicted molar refractivity (Wildman–Crippen MR) is 78.4 cm³/mol. The van der Waals surface area contributed by atoms with Crippen LogP contribution in [-0.4, -0.2) is 39.9 Å². The van der Waals surface area contributed by atoms with E-state index in [1.54, 1.807) is 6.92 Å². The lowest BCUT2D eigenvalue weighted by molar-refractivity contribution is -0.384. The summed E-state index contributed by atoms with van der Waals surface area (Å²) in [6.45, 7) is 1.13. The number of hydrogen-bond acceptors (Lipinski definition) is 6. The minimum absolute atomic E-state index is 0.0199. The molecule has 0 bridgehead atoms. The lowest BCUT2D eigenvalue weighted by atomic mass is 10.1. The highest BCUT2D eigenvalue weighted by atomic mass is 35.5. The maximum atomic E-state index is 12.0. The van der Waals surface area contributed by atoms with Gasteiger partial charge in [-0.15, -0.1) is 0 Å². The van der Waals surface area contributed by atoms with Crippen molar-refractivity contribution in [2.24, 2.45) is 0 Å². The number of amides is 2. The summed E-state index contributed by atoms with van der Waals surface area (Å²) < 4.78 is 0. The molecule has 0 saturated heterocycles. The van der Waals surface area contributed by atoms with Gasteiger partial charge in [0, 0.05) is 17.8 Å². The zero-order chi connectivity index (χ0) is 16.4. The molecule has 1 aromatic rings. The van der Waals surface area contributed by atoms with Gasteiger partial charge in [0.05, 0.1) is 18.1 Å². The first-order valence-electron chi connectivity index (χ1n) is 6.25. The average molecular weight is 326 g/mol. The van der Waals surface area contributed by atoms with Crippen LogP contribution in [0.3, 0.4) is 0 Å². The van der Waals surface area contributed by atoms with E-state index in [0.29, 0.717) is 11.3 Å². The molecule has 2 amide bonds. The highest BCUT2D eigenvalue weighted by Gasteiger charge is 2.31. The molecule has 2 rings (SSSR count). The van der Waals surface area contributed by atoms with E-state index in [1.807, 2.05) is 0 Å². The van der Waals surface area contributed by atoms with Crippen LogP contribution < -0.4 is 5.32 Å². The molecule has 0 radical (unpaired) electrons. The van der Waals surface area contributed by atoms with E-state index in [4.69, 9.17) is 16.7 Å². The second-order valence-corrected chi connectivity index (χ2v) is 4.91.